The van der Waals surface area contributed by atoms with Crippen molar-refractivity contribution in [1.29, 1.82) is 0 Å². The highest BCUT2D eigenvalue weighted by molar-refractivity contribution is 6.31. The quantitative estimate of drug-likeness (QED) is 0.796. The van der Waals surface area contributed by atoms with Crippen molar-refractivity contribution in [3.63, 3.8) is 0 Å². The van der Waals surface area contributed by atoms with Gasteiger partial charge in [0.2, 0.25) is 0 Å². The molecule has 2 saturated heterocycles. The molecular formula is C16H17ClN2O3. The first kappa shape index (κ1) is 14.0. The van der Waals surface area contributed by atoms with Crippen molar-refractivity contribution in [2.24, 2.45) is 0 Å². The number of oxazole rings is 1. The van der Waals surface area contributed by atoms with Gasteiger partial charge in [-0.05, 0) is 44.1 Å². The van der Waals surface area contributed by atoms with Gasteiger partial charge in [0.25, 0.3) is 0 Å². The lowest BCUT2D eigenvalue weighted by atomic mass is 9.95. The Bertz CT molecular complexity index is 706. The van der Waals surface area contributed by atoms with Gasteiger partial charge in [-0.3, -0.25) is 9.69 Å². The maximum Gasteiger partial charge on any atom is 0.323 e. The molecule has 0 spiro atoms. The van der Waals surface area contributed by atoms with Crippen LogP contribution in [0.15, 0.2) is 22.6 Å². The molecule has 116 valence electrons. The van der Waals surface area contributed by atoms with E-state index in [9.17, 15) is 4.79 Å². The molecule has 0 bridgehead atoms. The maximum absolute atomic E-state index is 11.7. The molecule has 2 aliphatic rings. The average Bonchev–Trinajstić information content (AvgIpc) is 3.13. The number of hydrogen-bond donors (Lipinski definition) is 0. The number of benzene rings is 1. The number of nitrogens with zero attached hydrogens (tertiary/aromatic N) is 2. The number of cyclic esters (lactones) is 1. The SMILES string of the molecule is O=C1OCC[C@H]1N1CCC(c2nc3cc(Cl)ccc3o2)CC1. The van der Waals surface area contributed by atoms with Crippen LogP contribution in [-0.4, -0.2) is 41.6 Å². The zero-order valence-electron chi connectivity index (χ0n) is 12.1. The van der Waals surface area contributed by atoms with Gasteiger partial charge >= 0.3 is 5.97 Å². The largest absolute Gasteiger partial charge is 0.464 e. The first-order valence-electron chi connectivity index (χ1n) is 7.67. The van der Waals surface area contributed by atoms with Crippen LogP contribution in [0.1, 0.15) is 31.1 Å². The van der Waals surface area contributed by atoms with Crippen LogP contribution in [0.2, 0.25) is 5.02 Å². The number of esters is 1. The van der Waals surface area contributed by atoms with Gasteiger partial charge < -0.3 is 9.15 Å². The van der Waals surface area contributed by atoms with Gasteiger partial charge in [-0.25, -0.2) is 4.98 Å². The smallest absolute Gasteiger partial charge is 0.323 e. The third-order valence-electron chi connectivity index (χ3n) is 4.59. The minimum absolute atomic E-state index is 0.0524. The van der Waals surface area contributed by atoms with Crippen LogP contribution in [0.3, 0.4) is 0 Å². The first-order valence-corrected chi connectivity index (χ1v) is 8.05. The van der Waals surface area contributed by atoms with E-state index in [2.05, 4.69) is 9.88 Å². The summed E-state index contributed by atoms with van der Waals surface area (Å²) in [7, 11) is 0. The Labute approximate surface area is 133 Å². The number of fused-ring (bicyclic) bond motifs is 1. The van der Waals surface area contributed by atoms with E-state index in [4.69, 9.17) is 20.8 Å². The third kappa shape index (κ3) is 2.48. The van der Waals surface area contributed by atoms with Crippen molar-refractivity contribution in [2.75, 3.05) is 19.7 Å². The summed E-state index contributed by atoms with van der Waals surface area (Å²) >= 11 is 5.99. The number of carbonyl (C=O) groups excluding carboxylic acids is 1. The van der Waals surface area contributed by atoms with Gasteiger partial charge in [0.1, 0.15) is 11.6 Å². The highest BCUT2D eigenvalue weighted by Gasteiger charge is 2.35. The zero-order valence-corrected chi connectivity index (χ0v) is 12.9. The molecule has 1 atom stereocenters. The van der Waals surface area contributed by atoms with Gasteiger partial charge in [-0.15, -0.1) is 0 Å². The fraction of sp³-hybridized carbons (Fsp3) is 0.500. The number of halogens is 1. The Morgan fingerprint density at radius 1 is 1.23 bits per heavy atom. The molecule has 0 unspecified atom stereocenters. The van der Waals surface area contributed by atoms with Gasteiger partial charge in [0.05, 0.1) is 6.61 Å². The van der Waals surface area contributed by atoms with E-state index in [0.29, 0.717) is 17.5 Å². The van der Waals surface area contributed by atoms with Crippen molar-refractivity contribution in [3.05, 3.63) is 29.1 Å². The molecular weight excluding hydrogens is 304 g/mol. The normalized spacial score (nSPS) is 24.0. The van der Waals surface area contributed by atoms with Gasteiger partial charge in [0.15, 0.2) is 11.5 Å². The van der Waals surface area contributed by atoms with Crippen LogP contribution in [0, 0.1) is 0 Å². The molecule has 0 saturated carbocycles. The molecule has 1 aromatic heterocycles. The highest BCUT2D eigenvalue weighted by atomic mass is 35.5. The molecule has 5 nitrogen and oxygen atoms in total. The minimum Gasteiger partial charge on any atom is -0.464 e. The Kier molecular flexibility index (Phi) is 3.54. The van der Waals surface area contributed by atoms with E-state index in [1.165, 1.54) is 0 Å². The van der Waals surface area contributed by atoms with E-state index in [1.54, 1.807) is 0 Å². The predicted octanol–water partition coefficient (Wildman–Crippen LogP) is 2.98. The molecule has 0 N–H and O–H groups in total. The lowest BCUT2D eigenvalue weighted by molar-refractivity contribution is -0.142. The van der Waals surface area contributed by atoms with Crippen molar-refractivity contribution in [2.45, 2.75) is 31.2 Å². The van der Waals surface area contributed by atoms with Gasteiger partial charge in [-0.1, -0.05) is 11.6 Å². The summed E-state index contributed by atoms with van der Waals surface area (Å²) in [4.78, 5) is 18.5. The second-order valence-corrected chi connectivity index (χ2v) is 6.38. The Hall–Kier alpha value is -1.59. The maximum atomic E-state index is 11.7. The standard InChI is InChI=1S/C16H17ClN2O3/c17-11-1-2-14-12(9-11)18-15(22-14)10-3-6-19(7-4-10)13-5-8-21-16(13)20/h1-2,9-10,13H,3-8H2/t13-/m1/s1. The zero-order chi connectivity index (χ0) is 15.1. The number of piperidine rings is 1. The van der Waals surface area contributed by atoms with Gasteiger partial charge in [0, 0.05) is 17.4 Å². The number of likely N-dealkylation sites (tertiary alicyclic amines) is 1. The van der Waals surface area contributed by atoms with Crippen LogP contribution in [-0.2, 0) is 9.53 Å². The summed E-state index contributed by atoms with van der Waals surface area (Å²) in [5, 5.41) is 0.668. The van der Waals surface area contributed by atoms with Crippen molar-refractivity contribution in [3.8, 4) is 0 Å². The molecule has 2 aliphatic heterocycles. The second kappa shape index (κ2) is 5.56. The minimum atomic E-state index is -0.0741. The number of rotatable bonds is 2. The molecule has 0 radical (unpaired) electrons. The molecule has 0 aliphatic carbocycles. The van der Waals surface area contributed by atoms with Crippen molar-refractivity contribution in [1.82, 2.24) is 9.88 Å². The lowest BCUT2D eigenvalue weighted by Crippen LogP contribution is -2.43. The molecule has 2 fully saturated rings. The average molecular weight is 321 g/mol. The van der Waals surface area contributed by atoms with Crippen LogP contribution < -0.4 is 0 Å². The predicted molar refractivity (Wildman–Crippen MR) is 81.9 cm³/mol. The number of carbonyl (C=O) groups is 1. The Morgan fingerprint density at radius 3 is 2.77 bits per heavy atom. The van der Waals surface area contributed by atoms with Crippen molar-refractivity contribution >= 4 is 28.7 Å². The van der Waals surface area contributed by atoms with Gasteiger partial charge in [-0.2, -0.15) is 0 Å². The van der Waals surface area contributed by atoms with Crippen LogP contribution in [0.5, 0.6) is 0 Å². The summed E-state index contributed by atoms with van der Waals surface area (Å²) in [6, 6.07) is 5.45. The highest BCUT2D eigenvalue weighted by Crippen LogP contribution is 2.32. The Balaban J connectivity index is 1.47. The summed E-state index contributed by atoms with van der Waals surface area (Å²) in [5.74, 6) is 1.01. The number of aromatic nitrogens is 1. The van der Waals surface area contributed by atoms with E-state index in [0.717, 1.165) is 49.3 Å². The van der Waals surface area contributed by atoms with E-state index in [1.807, 2.05) is 18.2 Å². The lowest BCUT2D eigenvalue weighted by Gasteiger charge is -2.32. The van der Waals surface area contributed by atoms with Crippen LogP contribution in [0.4, 0.5) is 0 Å². The third-order valence-corrected chi connectivity index (χ3v) is 4.83. The fourth-order valence-electron chi connectivity index (χ4n) is 3.37. The molecule has 2 aromatic rings. The first-order chi connectivity index (χ1) is 10.7. The molecule has 22 heavy (non-hydrogen) atoms. The number of hydrogen-bond acceptors (Lipinski definition) is 5. The van der Waals surface area contributed by atoms with E-state index in [-0.39, 0.29) is 12.0 Å². The molecule has 0 amide bonds. The monoisotopic (exact) mass is 320 g/mol. The molecule has 3 heterocycles. The summed E-state index contributed by atoms with van der Waals surface area (Å²) in [5.41, 5.74) is 1.59. The molecule has 6 heteroatoms. The number of ether oxygens (including phenoxy) is 1. The fourth-order valence-corrected chi connectivity index (χ4v) is 3.53. The second-order valence-electron chi connectivity index (χ2n) is 5.95. The summed E-state index contributed by atoms with van der Waals surface area (Å²) in [6.45, 7) is 2.31. The van der Waals surface area contributed by atoms with Crippen LogP contribution >= 0.6 is 11.6 Å². The summed E-state index contributed by atoms with van der Waals surface area (Å²) in [6.07, 6.45) is 2.71. The van der Waals surface area contributed by atoms with Crippen molar-refractivity contribution < 1.29 is 13.9 Å². The Morgan fingerprint density at radius 2 is 2.05 bits per heavy atom. The summed E-state index contributed by atoms with van der Waals surface area (Å²) < 4.78 is 10.9. The van der Waals surface area contributed by atoms with E-state index >= 15 is 0 Å². The van der Waals surface area contributed by atoms with Crippen LogP contribution in [0.25, 0.3) is 11.1 Å². The van der Waals surface area contributed by atoms with E-state index < -0.39 is 0 Å². The molecule has 1 aromatic carbocycles. The topological polar surface area (TPSA) is 55.6 Å². The molecule has 4 rings (SSSR count).